The number of carbonyl (C=O) groups excluding carboxylic acids is 1. The Labute approximate surface area is 205 Å². The van der Waals surface area contributed by atoms with Crippen molar-refractivity contribution in [1.82, 2.24) is 14.5 Å². The molecule has 174 valence electrons. The van der Waals surface area contributed by atoms with Crippen molar-refractivity contribution in [1.29, 1.82) is 0 Å². The van der Waals surface area contributed by atoms with E-state index in [2.05, 4.69) is 79.6 Å². The zero-order chi connectivity index (χ0) is 23.7. The summed E-state index contributed by atoms with van der Waals surface area (Å²) in [6.07, 6.45) is 1.98. The predicted octanol–water partition coefficient (Wildman–Crippen LogP) is 5.63. The van der Waals surface area contributed by atoms with E-state index in [-0.39, 0.29) is 11.9 Å². The number of benzene rings is 2. The molecule has 1 saturated heterocycles. The molecule has 0 aliphatic carbocycles. The van der Waals surface area contributed by atoms with Gasteiger partial charge in [-0.15, -0.1) is 11.3 Å². The molecule has 0 unspecified atom stereocenters. The highest BCUT2D eigenvalue weighted by atomic mass is 32.1. The largest absolute Gasteiger partial charge is 0.365 e. The molecule has 1 amide bonds. The van der Waals surface area contributed by atoms with E-state index in [0.29, 0.717) is 6.54 Å². The number of piperazine rings is 1. The average Bonchev–Trinajstić information content (AvgIpc) is 3.49. The molecule has 0 spiro atoms. The average molecular weight is 471 g/mol. The number of carbonyl (C=O) groups is 1. The summed E-state index contributed by atoms with van der Waals surface area (Å²) in [6, 6.07) is 21.3. The lowest BCUT2D eigenvalue weighted by atomic mass is 10.1. The summed E-state index contributed by atoms with van der Waals surface area (Å²) < 4.78 is 2.03. The van der Waals surface area contributed by atoms with Crippen molar-refractivity contribution in [3.05, 3.63) is 83.4 Å². The Morgan fingerprint density at radius 1 is 1.03 bits per heavy atom. The number of anilines is 1. The van der Waals surface area contributed by atoms with Crippen molar-refractivity contribution in [2.24, 2.45) is 0 Å². The molecule has 4 aromatic rings. The molecule has 6 heteroatoms. The number of aryl methyl sites for hydroxylation is 2. The van der Waals surface area contributed by atoms with Crippen molar-refractivity contribution in [3.8, 4) is 22.0 Å². The van der Waals surface area contributed by atoms with Crippen molar-refractivity contribution in [3.63, 3.8) is 0 Å². The van der Waals surface area contributed by atoms with Gasteiger partial charge in [0, 0.05) is 48.5 Å². The molecule has 0 N–H and O–H groups in total. The van der Waals surface area contributed by atoms with Crippen LogP contribution in [0.25, 0.3) is 22.0 Å². The lowest BCUT2D eigenvalue weighted by Crippen LogP contribution is -2.54. The number of thiazole rings is 1. The molecular weight excluding hydrogens is 440 g/mol. The Balaban J connectivity index is 1.26. The molecule has 1 fully saturated rings. The van der Waals surface area contributed by atoms with Gasteiger partial charge >= 0.3 is 0 Å². The second-order valence-electron chi connectivity index (χ2n) is 9.15. The van der Waals surface area contributed by atoms with Gasteiger partial charge in [-0.1, -0.05) is 42.0 Å². The third-order valence-corrected chi connectivity index (χ3v) is 7.38. The fourth-order valence-corrected chi connectivity index (χ4v) is 5.48. The van der Waals surface area contributed by atoms with E-state index in [1.165, 1.54) is 16.8 Å². The molecule has 1 aliphatic rings. The van der Waals surface area contributed by atoms with E-state index in [4.69, 9.17) is 4.98 Å². The van der Waals surface area contributed by atoms with E-state index in [1.54, 1.807) is 11.3 Å². The molecule has 34 heavy (non-hydrogen) atoms. The highest BCUT2D eigenvalue weighted by Crippen LogP contribution is 2.30. The second-order valence-corrected chi connectivity index (χ2v) is 10.0. The van der Waals surface area contributed by atoms with Crippen LogP contribution in [0.5, 0.6) is 0 Å². The van der Waals surface area contributed by atoms with Gasteiger partial charge in [0.25, 0.3) is 0 Å². The third kappa shape index (κ3) is 4.64. The molecule has 0 radical (unpaired) electrons. The Hall–Kier alpha value is -3.38. The van der Waals surface area contributed by atoms with Crippen LogP contribution in [-0.2, 0) is 11.3 Å². The summed E-state index contributed by atoms with van der Waals surface area (Å²) in [4.78, 5) is 22.5. The number of rotatable bonds is 5. The molecule has 0 saturated carbocycles. The van der Waals surface area contributed by atoms with Crippen molar-refractivity contribution < 1.29 is 4.79 Å². The van der Waals surface area contributed by atoms with Gasteiger partial charge in [0.2, 0.25) is 5.91 Å². The topological polar surface area (TPSA) is 41.4 Å². The maximum Gasteiger partial charge on any atom is 0.242 e. The molecule has 5 rings (SSSR count). The summed E-state index contributed by atoms with van der Waals surface area (Å²) in [5, 5.41) is 3.02. The summed E-state index contributed by atoms with van der Waals surface area (Å²) >= 11 is 1.62. The minimum atomic E-state index is 0.156. The lowest BCUT2D eigenvalue weighted by Gasteiger charge is -2.41. The molecule has 1 atom stereocenters. The Kier molecular flexibility index (Phi) is 6.24. The molecule has 1 aliphatic heterocycles. The summed E-state index contributed by atoms with van der Waals surface area (Å²) in [5.74, 6) is 0.156. The highest BCUT2D eigenvalue weighted by Gasteiger charge is 2.27. The van der Waals surface area contributed by atoms with Crippen LogP contribution in [0, 0.1) is 13.8 Å². The first-order valence-electron chi connectivity index (χ1n) is 11.8. The zero-order valence-electron chi connectivity index (χ0n) is 19.9. The summed E-state index contributed by atoms with van der Waals surface area (Å²) in [5.41, 5.74) is 6.81. The fraction of sp³-hybridized carbons (Fsp3) is 0.286. The summed E-state index contributed by atoms with van der Waals surface area (Å²) in [7, 11) is 0. The maximum absolute atomic E-state index is 13.2. The van der Waals surface area contributed by atoms with Crippen molar-refractivity contribution in [2.45, 2.75) is 33.4 Å². The Bertz CT molecular complexity index is 1290. The SMILES string of the molecule is Cc1ccc(-c2csc(-c3cccn3CC(=O)N3CCN(c4cccc(C)c4)[C@H](C)C3)n2)cc1. The third-order valence-electron chi connectivity index (χ3n) is 6.52. The molecule has 2 aromatic heterocycles. The highest BCUT2D eigenvalue weighted by molar-refractivity contribution is 7.13. The van der Waals surface area contributed by atoms with Gasteiger partial charge in [-0.05, 0) is 50.6 Å². The number of hydrogen-bond acceptors (Lipinski definition) is 4. The van der Waals surface area contributed by atoms with Crippen molar-refractivity contribution in [2.75, 3.05) is 24.5 Å². The molecule has 3 heterocycles. The van der Waals surface area contributed by atoms with Crippen molar-refractivity contribution >= 4 is 22.9 Å². The van der Waals surface area contributed by atoms with Gasteiger partial charge in [-0.2, -0.15) is 0 Å². The normalized spacial score (nSPS) is 16.1. The summed E-state index contributed by atoms with van der Waals surface area (Å²) in [6.45, 7) is 9.06. The fourth-order valence-electron chi connectivity index (χ4n) is 4.61. The van der Waals surface area contributed by atoms with E-state index in [9.17, 15) is 4.79 Å². The second kappa shape index (κ2) is 9.47. The van der Waals surface area contributed by atoms with Crippen LogP contribution < -0.4 is 4.90 Å². The first-order valence-corrected chi connectivity index (χ1v) is 12.6. The van der Waals surface area contributed by atoms with Gasteiger partial charge in [0.05, 0.1) is 11.4 Å². The van der Waals surface area contributed by atoms with Crippen LogP contribution in [0.2, 0.25) is 0 Å². The monoisotopic (exact) mass is 470 g/mol. The first-order chi connectivity index (χ1) is 16.5. The van der Waals surface area contributed by atoms with Gasteiger partial charge in [0.15, 0.2) is 0 Å². The number of nitrogens with zero attached hydrogens (tertiary/aromatic N) is 4. The lowest BCUT2D eigenvalue weighted by molar-refractivity contribution is -0.132. The van der Waals surface area contributed by atoms with E-state index in [1.807, 2.05) is 27.8 Å². The molecule has 0 bridgehead atoms. The number of hydrogen-bond donors (Lipinski definition) is 0. The van der Waals surface area contributed by atoms with E-state index < -0.39 is 0 Å². The minimum Gasteiger partial charge on any atom is -0.365 e. The molecular formula is C28H30N4OS. The van der Waals surface area contributed by atoms with Crippen LogP contribution in [0.1, 0.15) is 18.1 Å². The number of amides is 1. The molecule has 2 aromatic carbocycles. The zero-order valence-corrected chi connectivity index (χ0v) is 20.8. The smallest absolute Gasteiger partial charge is 0.242 e. The quantitative estimate of drug-likeness (QED) is 0.379. The van der Waals surface area contributed by atoms with E-state index >= 15 is 0 Å². The van der Waals surface area contributed by atoms with Gasteiger partial charge in [0.1, 0.15) is 11.6 Å². The minimum absolute atomic E-state index is 0.156. The van der Waals surface area contributed by atoms with Crippen LogP contribution in [0.15, 0.2) is 72.2 Å². The Morgan fingerprint density at radius 2 is 1.85 bits per heavy atom. The van der Waals surface area contributed by atoms with Crippen LogP contribution in [0.4, 0.5) is 5.69 Å². The van der Waals surface area contributed by atoms with Gasteiger partial charge in [-0.3, -0.25) is 4.79 Å². The van der Waals surface area contributed by atoms with Crippen LogP contribution in [-0.4, -0.2) is 46.0 Å². The van der Waals surface area contributed by atoms with Gasteiger partial charge < -0.3 is 14.4 Å². The van der Waals surface area contributed by atoms with Crippen LogP contribution in [0.3, 0.4) is 0 Å². The first kappa shape index (κ1) is 22.4. The standard InChI is InChI=1S/C28H30N4OS/c1-20-9-11-23(12-10-20)25-19-34-28(29-25)26-8-5-13-30(26)18-27(33)31-14-15-32(22(3)17-31)24-7-4-6-21(2)16-24/h4-13,16,19,22H,14-15,17-18H2,1-3H3/t22-/m1/s1. The van der Waals surface area contributed by atoms with Crippen LogP contribution >= 0.6 is 11.3 Å². The molecule has 5 nitrogen and oxygen atoms in total. The predicted molar refractivity (Wildman–Crippen MR) is 140 cm³/mol. The Morgan fingerprint density at radius 3 is 2.62 bits per heavy atom. The van der Waals surface area contributed by atoms with E-state index in [0.717, 1.165) is 41.6 Å². The van der Waals surface area contributed by atoms with Gasteiger partial charge in [-0.25, -0.2) is 4.98 Å². The number of aromatic nitrogens is 2. The maximum atomic E-state index is 13.2.